The second kappa shape index (κ2) is 5.98. The fraction of sp³-hybridized carbons (Fsp3) is 0.588. The maximum atomic E-state index is 12.5. The molecule has 2 fully saturated rings. The van der Waals surface area contributed by atoms with E-state index < -0.39 is 0 Å². The van der Waals surface area contributed by atoms with Crippen LogP contribution < -0.4 is 0 Å². The molecular formula is C17H23ClN2O. The standard InChI is InChI=1S/C17H23ClN2O/c1-19-12-10-17(19)9-2-11-20(13-17)16(21)8-5-14-3-6-15(18)7-4-14/h3-4,6-7H,2,5,8-13H2,1H3/t17-/m0/s1. The largest absolute Gasteiger partial charge is 0.341 e. The van der Waals surface area contributed by atoms with Gasteiger partial charge in [-0.15, -0.1) is 0 Å². The zero-order valence-corrected chi connectivity index (χ0v) is 13.4. The molecule has 2 saturated heterocycles. The first kappa shape index (κ1) is 14.9. The van der Waals surface area contributed by atoms with Crippen molar-refractivity contribution >= 4 is 17.5 Å². The van der Waals surface area contributed by atoms with E-state index in [4.69, 9.17) is 11.6 Å². The Balaban J connectivity index is 1.54. The Labute approximate surface area is 131 Å². The van der Waals surface area contributed by atoms with Crippen LogP contribution >= 0.6 is 11.6 Å². The molecule has 1 atom stereocenters. The molecule has 4 heteroatoms. The molecule has 2 aliphatic rings. The van der Waals surface area contributed by atoms with Gasteiger partial charge in [-0.2, -0.15) is 0 Å². The van der Waals surface area contributed by atoms with Crippen molar-refractivity contribution in [3.63, 3.8) is 0 Å². The van der Waals surface area contributed by atoms with Crippen LogP contribution in [0.25, 0.3) is 0 Å². The summed E-state index contributed by atoms with van der Waals surface area (Å²) < 4.78 is 0. The highest BCUT2D eigenvalue weighted by Crippen LogP contribution is 2.37. The number of likely N-dealkylation sites (tertiary alicyclic amines) is 2. The Morgan fingerprint density at radius 3 is 2.62 bits per heavy atom. The molecule has 0 aromatic heterocycles. The predicted octanol–water partition coefficient (Wildman–Crippen LogP) is 2.97. The normalized spacial score (nSPS) is 25.9. The van der Waals surface area contributed by atoms with E-state index in [1.807, 2.05) is 24.3 Å². The first-order valence-electron chi connectivity index (χ1n) is 7.83. The van der Waals surface area contributed by atoms with Crippen LogP contribution in [0, 0.1) is 0 Å². The van der Waals surface area contributed by atoms with Crippen molar-refractivity contribution < 1.29 is 4.79 Å². The number of benzene rings is 1. The van der Waals surface area contributed by atoms with Gasteiger partial charge in [-0.25, -0.2) is 0 Å². The summed E-state index contributed by atoms with van der Waals surface area (Å²) in [5, 5.41) is 0.746. The van der Waals surface area contributed by atoms with Crippen molar-refractivity contribution in [3.05, 3.63) is 34.9 Å². The summed E-state index contributed by atoms with van der Waals surface area (Å²) in [5.74, 6) is 0.296. The predicted molar refractivity (Wildman–Crippen MR) is 85.6 cm³/mol. The average molecular weight is 307 g/mol. The minimum Gasteiger partial charge on any atom is -0.341 e. The van der Waals surface area contributed by atoms with Crippen LogP contribution in [0.4, 0.5) is 0 Å². The lowest BCUT2D eigenvalue weighted by Gasteiger charge is -2.55. The topological polar surface area (TPSA) is 23.6 Å². The number of piperidine rings is 1. The van der Waals surface area contributed by atoms with Crippen molar-refractivity contribution in [2.75, 3.05) is 26.7 Å². The van der Waals surface area contributed by atoms with Gasteiger partial charge in [0.05, 0.1) is 0 Å². The number of amides is 1. The van der Waals surface area contributed by atoms with E-state index >= 15 is 0 Å². The van der Waals surface area contributed by atoms with Crippen molar-refractivity contribution in [2.45, 2.75) is 37.6 Å². The van der Waals surface area contributed by atoms with Crippen LogP contribution in [0.5, 0.6) is 0 Å². The number of carbonyl (C=O) groups excluding carboxylic acids is 1. The van der Waals surface area contributed by atoms with E-state index in [-0.39, 0.29) is 5.54 Å². The quantitative estimate of drug-likeness (QED) is 0.857. The molecule has 1 spiro atoms. The third-order valence-corrected chi connectivity index (χ3v) is 5.42. The summed E-state index contributed by atoms with van der Waals surface area (Å²) in [4.78, 5) is 17.0. The van der Waals surface area contributed by atoms with Crippen molar-refractivity contribution in [1.82, 2.24) is 9.80 Å². The van der Waals surface area contributed by atoms with E-state index in [1.54, 1.807) is 0 Å². The zero-order valence-electron chi connectivity index (χ0n) is 12.6. The van der Waals surface area contributed by atoms with Gasteiger partial charge in [-0.1, -0.05) is 23.7 Å². The molecule has 0 saturated carbocycles. The summed E-state index contributed by atoms with van der Waals surface area (Å²) >= 11 is 5.88. The molecule has 3 nitrogen and oxygen atoms in total. The third-order valence-electron chi connectivity index (χ3n) is 5.17. The van der Waals surface area contributed by atoms with Crippen LogP contribution in [0.3, 0.4) is 0 Å². The molecule has 21 heavy (non-hydrogen) atoms. The number of hydrogen-bond acceptors (Lipinski definition) is 2. The maximum absolute atomic E-state index is 12.5. The summed E-state index contributed by atoms with van der Waals surface area (Å²) in [5.41, 5.74) is 1.47. The van der Waals surface area contributed by atoms with Gasteiger partial charge in [-0.3, -0.25) is 9.69 Å². The Morgan fingerprint density at radius 1 is 1.24 bits per heavy atom. The number of rotatable bonds is 3. The molecule has 114 valence electrons. The lowest BCUT2D eigenvalue weighted by Crippen LogP contribution is -2.66. The molecule has 0 unspecified atom stereocenters. The fourth-order valence-electron chi connectivity index (χ4n) is 3.55. The van der Waals surface area contributed by atoms with E-state index in [0.29, 0.717) is 12.3 Å². The number of nitrogens with zero attached hydrogens (tertiary/aromatic N) is 2. The van der Waals surface area contributed by atoms with Crippen molar-refractivity contribution in [3.8, 4) is 0 Å². The van der Waals surface area contributed by atoms with Gasteiger partial charge < -0.3 is 4.90 Å². The molecule has 1 amide bonds. The van der Waals surface area contributed by atoms with Crippen LogP contribution in [0.1, 0.15) is 31.2 Å². The van der Waals surface area contributed by atoms with Crippen LogP contribution in [-0.2, 0) is 11.2 Å². The molecule has 3 rings (SSSR count). The van der Waals surface area contributed by atoms with E-state index in [2.05, 4.69) is 16.8 Å². The highest BCUT2D eigenvalue weighted by molar-refractivity contribution is 6.30. The van der Waals surface area contributed by atoms with Crippen LogP contribution in [0.15, 0.2) is 24.3 Å². The summed E-state index contributed by atoms with van der Waals surface area (Å²) in [6.07, 6.45) is 5.02. The summed E-state index contributed by atoms with van der Waals surface area (Å²) in [7, 11) is 2.19. The average Bonchev–Trinajstić information content (AvgIpc) is 2.52. The molecule has 0 bridgehead atoms. The first-order chi connectivity index (χ1) is 10.1. The fourth-order valence-corrected chi connectivity index (χ4v) is 3.68. The number of aryl methyl sites for hydroxylation is 1. The smallest absolute Gasteiger partial charge is 0.222 e. The first-order valence-corrected chi connectivity index (χ1v) is 8.20. The molecule has 0 aliphatic carbocycles. The SMILES string of the molecule is CN1CC[C@]12CCCN(C(=O)CCc1ccc(Cl)cc1)C2. The van der Waals surface area contributed by atoms with E-state index in [1.165, 1.54) is 24.9 Å². The highest BCUT2D eigenvalue weighted by atomic mass is 35.5. The lowest BCUT2D eigenvalue weighted by molar-refractivity contribution is -0.138. The van der Waals surface area contributed by atoms with E-state index in [9.17, 15) is 4.79 Å². The minimum atomic E-state index is 0.286. The van der Waals surface area contributed by atoms with Crippen molar-refractivity contribution in [1.29, 1.82) is 0 Å². The number of carbonyl (C=O) groups is 1. The number of hydrogen-bond donors (Lipinski definition) is 0. The van der Waals surface area contributed by atoms with Crippen molar-refractivity contribution in [2.24, 2.45) is 0 Å². The monoisotopic (exact) mass is 306 g/mol. The molecule has 0 N–H and O–H groups in total. The molecule has 2 aliphatic heterocycles. The highest BCUT2D eigenvalue weighted by Gasteiger charge is 2.45. The van der Waals surface area contributed by atoms with Crippen LogP contribution in [0.2, 0.25) is 5.02 Å². The molecule has 2 heterocycles. The Morgan fingerprint density at radius 2 is 2.00 bits per heavy atom. The maximum Gasteiger partial charge on any atom is 0.222 e. The third kappa shape index (κ3) is 3.09. The second-order valence-corrected chi connectivity index (χ2v) is 6.88. The Bertz CT molecular complexity index is 516. The van der Waals surface area contributed by atoms with Gasteiger partial charge in [0.1, 0.15) is 0 Å². The minimum absolute atomic E-state index is 0.286. The van der Waals surface area contributed by atoms with E-state index in [0.717, 1.165) is 31.0 Å². The van der Waals surface area contributed by atoms with Gasteiger partial charge in [0.15, 0.2) is 0 Å². The molecular weight excluding hydrogens is 284 g/mol. The Hall–Kier alpha value is -1.06. The second-order valence-electron chi connectivity index (χ2n) is 6.44. The molecule has 1 aromatic carbocycles. The summed E-state index contributed by atoms with van der Waals surface area (Å²) in [6, 6.07) is 7.79. The zero-order chi connectivity index (χ0) is 14.9. The summed E-state index contributed by atoms with van der Waals surface area (Å²) in [6.45, 7) is 3.02. The van der Waals surface area contributed by atoms with Gasteiger partial charge in [0, 0.05) is 36.6 Å². The van der Waals surface area contributed by atoms with Crippen LogP contribution in [-0.4, -0.2) is 47.9 Å². The number of halogens is 1. The molecule has 0 radical (unpaired) electrons. The van der Waals surface area contributed by atoms with Gasteiger partial charge in [0.2, 0.25) is 5.91 Å². The van der Waals surface area contributed by atoms with Gasteiger partial charge >= 0.3 is 0 Å². The molecule has 1 aromatic rings. The Kier molecular flexibility index (Phi) is 4.23. The van der Waals surface area contributed by atoms with Gasteiger partial charge in [-0.05, 0) is 50.4 Å². The number of likely N-dealkylation sites (N-methyl/N-ethyl adjacent to an activating group) is 1. The van der Waals surface area contributed by atoms with Gasteiger partial charge in [0.25, 0.3) is 0 Å². The lowest BCUT2D eigenvalue weighted by atomic mass is 9.78.